The maximum atomic E-state index is 6.06. The van der Waals surface area contributed by atoms with Crippen LogP contribution in [-0.4, -0.2) is 42.7 Å². The van der Waals surface area contributed by atoms with Crippen molar-refractivity contribution in [1.29, 1.82) is 0 Å². The fourth-order valence-electron chi connectivity index (χ4n) is 3.22. The van der Waals surface area contributed by atoms with Crippen LogP contribution in [0, 0.1) is 0 Å². The molecule has 0 bridgehead atoms. The predicted octanol–water partition coefficient (Wildman–Crippen LogP) is 2.35. The number of rotatable bonds is 4. The maximum Gasteiger partial charge on any atom is 0.0702 e. The number of hydrogen-bond acceptors (Lipinski definition) is 4. The molecule has 2 heterocycles. The van der Waals surface area contributed by atoms with Crippen LogP contribution in [0.4, 0.5) is 0 Å². The SMILES string of the molecule is COC1CCN(C(CN)c2ccc3ncccc3c2)CC1. The van der Waals surface area contributed by atoms with Gasteiger partial charge in [-0.2, -0.15) is 0 Å². The highest BCUT2D eigenvalue weighted by atomic mass is 16.5. The Morgan fingerprint density at radius 3 is 2.86 bits per heavy atom. The van der Waals surface area contributed by atoms with E-state index in [9.17, 15) is 0 Å². The van der Waals surface area contributed by atoms with Gasteiger partial charge in [-0.15, -0.1) is 0 Å². The minimum Gasteiger partial charge on any atom is -0.381 e. The number of ether oxygens (including phenoxy) is 1. The zero-order chi connectivity index (χ0) is 14.7. The van der Waals surface area contributed by atoms with Crippen molar-refractivity contribution in [2.45, 2.75) is 25.0 Å². The molecule has 1 aromatic heterocycles. The van der Waals surface area contributed by atoms with Gasteiger partial charge in [0, 0.05) is 44.4 Å². The monoisotopic (exact) mass is 285 g/mol. The van der Waals surface area contributed by atoms with Crippen molar-refractivity contribution < 1.29 is 4.74 Å². The van der Waals surface area contributed by atoms with Crippen LogP contribution in [0.3, 0.4) is 0 Å². The minimum atomic E-state index is 0.285. The van der Waals surface area contributed by atoms with Crippen molar-refractivity contribution in [2.75, 3.05) is 26.7 Å². The highest BCUT2D eigenvalue weighted by molar-refractivity contribution is 5.79. The molecule has 1 saturated heterocycles. The first-order chi connectivity index (χ1) is 10.3. The lowest BCUT2D eigenvalue weighted by atomic mass is 9.99. The molecule has 1 aliphatic heterocycles. The van der Waals surface area contributed by atoms with Gasteiger partial charge in [-0.05, 0) is 36.6 Å². The minimum absolute atomic E-state index is 0.285. The van der Waals surface area contributed by atoms with Gasteiger partial charge in [0.1, 0.15) is 0 Å². The van der Waals surface area contributed by atoms with Gasteiger partial charge in [-0.3, -0.25) is 9.88 Å². The quantitative estimate of drug-likeness (QED) is 0.937. The molecule has 0 radical (unpaired) electrons. The van der Waals surface area contributed by atoms with Crippen LogP contribution in [-0.2, 0) is 4.74 Å². The summed E-state index contributed by atoms with van der Waals surface area (Å²) < 4.78 is 5.45. The summed E-state index contributed by atoms with van der Waals surface area (Å²) in [6.07, 6.45) is 4.41. The Kier molecular flexibility index (Phi) is 4.48. The van der Waals surface area contributed by atoms with Crippen molar-refractivity contribution in [3.05, 3.63) is 42.1 Å². The van der Waals surface area contributed by atoms with Crippen molar-refractivity contribution in [3.8, 4) is 0 Å². The normalized spacial score (nSPS) is 19.0. The van der Waals surface area contributed by atoms with E-state index in [1.807, 2.05) is 12.3 Å². The van der Waals surface area contributed by atoms with Gasteiger partial charge in [0.2, 0.25) is 0 Å². The van der Waals surface area contributed by atoms with E-state index in [2.05, 4.69) is 34.1 Å². The molecule has 1 aromatic carbocycles. The lowest BCUT2D eigenvalue weighted by Gasteiger charge is -2.37. The summed E-state index contributed by atoms with van der Waals surface area (Å²) in [4.78, 5) is 6.86. The Balaban J connectivity index is 1.81. The molecule has 1 unspecified atom stereocenters. The number of hydrogen-bond donors (Lipinski definition) is 1. The summed E-state index contributed by atoms with van der Waals surface area (Å²) in [6.45, 7) is 2.74. The molecule has 21 heavy (non-hydrogen) atoms. The van der Waals surface area contributed by atoms with Crippen molar-refractivity contribution in [2.24, 2.45) is 5.73 Å². The van der Waals surface area contributed by atoms with Crippen molar-refractivity contribution in [1.82, 2.24) is 9.88 Å². The Morgan fingerprint density at radius 2 is 2.14 bits per heavy atom. The molecule has 1 aliphatic rings. The second-order valence-electron chi connectivity index (χ2n) is 5.68. The van der Waals surface area contributed by atoms with Crippen LogP contribution in [0.15, 0.2) is 36.5 Å². The summed E-state index contributed by atoms with van der Waals surface area (Å²) in [7, 11) is 1.80. The zero-order valence-electron chi connectivity index (χ0n) is 12.5. The summed E-state index contributed by atoms with van der Waals surface area (Å²) >= 11 is 0. The summed E-state index contributed by atoms with van der Waals surface area (Å²) in [5, 5.41) is 1.18. The molecule has 0 aliphatic carbocycles. The van der Waals surface area contributed by atoms with E-state index in [0.29, 0.717) is 12.6 Å². The summed E-state index contributed by atoms with van der Waals surface area (Å²) in [5.41, 5.74) is 8.38. The van der Waals surface area contributed by atoms with Gasteiger partial charge in [0.25, 0.3) is 0 Å². The molecule has 2 aromatic rings. The topological polar surface area (TPSA) is 51.4 Å². The molecule has 1 atom stereocenters. The lowest BCUT2D eigenvalue weighted by molar-refractivity contribution is 0.0280. The molecule has 2 N–H and O–H groups in total. The number of nitrogens with two attached hydrogens (primary N) is 1. The Labute approximate surface area is 125 Å². The number of nitrogens with zero attached hydrogens (tertiary/aromatic N) is 2. The van der Waals surface area contributed by atoms with Crippen molar-refractivity contribution >= 4 is 10.9 Å². The van der Waals surface area contributed by atoms with Gasteiger partial charge in [-0.1, -0.05) is 12.1 Å². The van der Waals surface area contributed by atoms with Gasteiger partial charge in [0.15, 0.2) is 0 Å². The Hall–Kier alpha value is -1.49. The number of aromatic nitrogens is 1. The molecular weight excluding hydrogens is 262 g/mol. The fraction of sp³-hybridized carbons (Fsp3) is 0.471. The summed E-state index contributed by atoms with van der Waals surface area (Å²) in [6, 6.07) is 10.9. The van der Waals surface area contributed by atoms with E-state index < -0.39 is 0 Å². The first-order valence-electron chi connectivity index (χ1n) is 7.63. The van der Waals surface area contributed by atoms with E-state index in [4.69, 9.17) is 10.5 Å². The highest BCUT2D eigenvalue weighted by Gasteiger charge is 2.25. The van der Waals surface area contributed by atoms with Gasteiger partial charge >= 0.3 is 0 Å². The molecule has 4 heteroatoms. The van der Waals surface area contributed by atoms with Crippen LogP contribution in [0.5, 0.6) is 0 Å². The largest absolute Gasteiger partial charge is 0.381 e. The average molecular weight is 285 g/mol. The highest BCUT2D eigenvalue weighted by Crippen LogP contribution is 2.26. The molecule has 0 spiro atoms. The lowest BCUT2D eigenvalue weighted by Crippen LogP contribution is -2.41. The zero-order valence-corrected chi connectivity index (χ0v) is 12.5. The van der Waals surface area contributed by atoms with E-state index in [1.165, 1.54) is 10.9 Å². The predicted molar refractivity (Wildman–Crippen MR) is 85.1 cm³/mol. The van der Waals surface area contributed by atoms with Crippen molar-refractivity contribution in [3.63, 3.8) is 0 Å². The van der Waals surface area contributed by atoms with Crippen LogP contribution in [0.1, 0.15) is 24.4 Å². The molecule has 1 fully saturated rings. The van der Waals surface area contributed by atoms with Crippen LogP contribution >= 0.6 is 0 Å². The van der Waals surface area contributed by atoms with E-state index in [0.717, 1.165) is 31.4 Å². The van der Waals surface area contributed by atoms with Gasteiger partial charge in [0.05, 0.1) is 11.6 Å². The van der Waals surface area contributed by atoms with E-state index in [1.54, 1.807) is 7.11 Å². The van der Waals surface area contributed by atoms with E-state index >= 15 is 0 Å². The molecule has 3 rings (SSSR count). The number of methoxy groups -OCH3 is 1. The average Bonchev–Trinajstić information content (AvgIpc) is 2.56. The fourth-order valence-corrected chi connectivity index (χ4v) is 3.22. The van der Waals surface area contributed by atoms with Crippen LogP contribution in [0.25, 0.3) is 10.9 Å². The first-order valence-corrected chi connectivity index (χ1v) is 7.63. The standard InChI is InChI=1S/C17H23N3O/c1-21-15-6-9-20(10-7-15)17(12-18)14-4-5-16-13(11-14)3-2-8-19-16/h2-5,8,11,15,17H,6-7,9-10,12,18H2,1H3. The number of piperidine rings is 1. The summed E-state index contributed by atoms with van der Waals surface area (Å²) in [5.74, 6) is 0. The third kappa shape index (κ3) is 3.07. The molecule has 0 amide bonds. The molecule has 112 valence electrons. The Bertz CT molecular complexity index is 593. The number of likely N-dealkylation sites (tertiary alicyclic amines) is 1. The number of pyridine rings is 1. The molecular formula is C17H23N3O. The second kappa shape index (κ2) is 6.52. The third-order valence-electron chi connectivity index (χ3n) is 4.49. The number of benzene rings is 1. The smallest absolute Gasteiger partial charge is 0.0702 e. The van der Waals surface area contributed by atoms with Gasteiger partial charge in [-0.25, -0.2) is 0 Å². The van der Waals surface area contributed by atoms with Gasteiger partial charge < -0.3 is 10.5 Å². The maximum absolute atomic E-state index is 6.06. The molecule has 4 nitrogen and oxygen atoms in total. The Morgan fingerprint density at radius 1 is 1.33 bits per heavy atom. The first kappa shape index (κ1) is 14.4. The second-order valence-corrected chi connectivity index (χ2v) is 5.68. The van der Waals surface area contributed by atoms with E-state index in [-0.39, 0.29) is 6.04 Å². The van der Waals surface area contributed by atoms with Crippen LogP contribution in [0.2, 0.25) is 0 Å². The number of fused-ring (bicyclic) bond motifs is 1. The van der Waals surface area contributed by atoms with Crippen LogP contribution < -0.4 is 5.73 Å². The molecule has 0 saturated carbocycles. The third-order valence-corrected chi connectivity index (χ3v) is 4.49.